The second-order valence-corrected chi connectivity index (χ2v) is 7.41. The SMILES string of the molecule is CSCc1ccc(N2CCC([C@H](O)Cc3ccccc3)CC2)nc1. The summed E-state index contributed by atoms with van der Waals surface area (Å²) in [6.45, 7) is 1.96. The van der Waals surface area contributed by atoms with Crippen molar-refractivity contribution < 1.29 is 5.11 Å². The smallest absolute Gasteiger partial charge is 0.128 e. The summed E-state index contributed by atoms with van der Waals surface area (Å²) in [7, 11) is 0. The molecule has 2 aromatic rings. The molecule has 0 spiro atoms. The number of nitrogens with zero attached hydrogens (tertiary/aromatic N) is 2. The van der Waals surface area contributed by atoms with Crippen LogP contribution in [0.3, 0.4) is 0 Å². The van der Waals surface area contributed by atoms with Crippen LogP contribution in [0, 0.1) is 5.92 Å². The second kappa shape index (κ2) is 8.54. The number of hydrogen-bond acceptors (Lipinski definition) is 4. The van der Waals surface area contributed by atoms with Crippen LogP contribution in [0.1, 0.15) is 24.0 Å². The topological polar surface area (TPSA) is 36.4 Å². The normalized spacial score (nSPS) is 17.0. The van der Waals surface area contributed by atoms with Gasteiger partial charge in [-0.15, -0.1) is 0 Å². The minimum absolute atomic E-state index is 0.244. The lowest BCUT2D eigenvalue weighted by molar-refractivity contribution is 0.0929. The van der Waals surface area contributed by atoms with E-state index in [4.69, 9.17) is 0 Å². The van der Waals surface area contributed by atoms with Crippen LogP contribution < -0.4 is 4.90 Å². The molecule has 3 nitrogen and oxygen atoms in total. The molecule has 1 aromatic carbocycles. The Morgan fingerprint density at radius 3 is 2.50 bits per heavy atom. The van der Waals surface area contributed by atoms with Crippen LogP contribution in [-0.2, 0) is 12.2 Å². The molecule has 4 heteroatoms. The van der Waals surface area contributed by atoms with Gasteiger partial charge in [0.2, 0.25) is 0 Å². The summed E-state index contributed by atoms with van der Waals surface area (Å²) >= 11 is 1.82. The van der Waals surface area contributed by atoms with Gasteiger partial charge in [0, 0.05) is 25.0 Å². The van der Waals surface area contributed by atoms with Crippen LogP contribution in [-0.4, -0.2) is 35.5 Å². The number of aromatic nitrogens is 1. The van der Waals surface area contributed by atoms with Gasteiger partial charge in [0.25, 0.3) is 0 Å². The lowest BCUT2D eigenvalue weighted by Crippen LogP contribution is -2.38. The van der Waals surface area contributed by atoms with E-state index in [1.807, 2.05) is 36.2 Å². The zero-order valence-electron chi connectivity index (χ0n) is 14.3. The van der Waals surface area contributed by atoms with Crippen molar-refractivity contribution in [3.05, 3.63) is 59.8 Å². The number of thioether (sulfide) groups is 1. The van der Waals surface area contributed by atoms with E-state index in [9.17, 15) is 5.11 Å². The number of aliphatic hydroxyl groups excluding tert-OH is 1. The predicted molar refractivity (Wildman–Crippen MR) is 103 cm³/mol. The van der Waals surface area contributed by atoms with Crippen molar-refractivity contribution in [2.75, 3.05) is 24.2 Å². The van der Waals surface area contributed by atoms with Crippen molar-refractivity contribution in [1.82, 2.24) is 4.98 Å². The van der Waals surface area contributed by atoms with Gasteiger partial charge < -0.3 is 10.0 Å². The van der Waals surface area contributed by atoms with E-state index in [0.717, 1.165) is 43.9 Å². The average Bonchev–Trinajstić information content (AvgIpc) is 2.64. The summed E-state index contributed by atoms with van der Waals surface area (Å²) in [5.41, 5.74) is 2.50. The second-order valence-electron chi connectivity index (χ2n) is 6.54. The summed E-state index contributed by atoms with van der Waals surface area (Å²) in [4.78, 5) is 6.95. The number of aliphatic hydroxyl groups is 1. The van der Waals surface area contributed by atoms with Crippen molar-refractivity contribution in [1.29, 1.82) is 0 Å². The summed E-state index contributed by atoms with van der Waals surface area (Å²) in [5, 5.41) is 10.5. The number of benzene rings is 1. The van der Waals surface area contributed by atoms with Gasteiger partial charge in [-0.05, 0) is 48.6 Å². The third kappa shape index (κ3) is 4.52. The Kier molecular flexibility index (Phi) is 6.16. The number of rotatable bonds is 6. The van der Waals surface area contributed by atoms with E-state index in [1.165, 1.54) is 11.1 Å². The van der Waals surface area contributed by atoms with Crippen LogP contribution in [0.5, 0.6) is 0 Å². The van der Waals surface area contributed by atoms with Crippen molar-refractivity contribution in [2.24, 2.45) is 5.92 Å². The average molecular weight is 343 g/mol. The van der Waals surface area contributed by atoms with Crippen LogP contribution in [0.25, 0.3) is 0 Å². The highest BCUT2D eigenvalue weighted by Crippen LogP contribution is 2.26. The first-order valence-electron chi connectivity index (χ1n) is 8.67. The van der Waals surface area contributed by atoms with Gasteiger partial charge in [-0.25, -0.2) is 4.98 Å². The minimum atomic E-state index is -0.244. The monoisotopic (exact) mass is 342 g/mol. The highest BCUT2D eigenvalue weighted by atomic mass is 32.2. The third-order valence-corrected chi connectivity index (χ3v) is 5.44. The molecule has 0 bridgehead atoms. The van der Waals surface area contributed by atoms with Gasteiger partial charge in [-0.3, -0.25) is 0 Å². The Morgan fingerprint density at radius 1 is 1.12 bits per heavy atom. The van der Waals surface area contributed by atoms with Crippen LogP contribution in [0.2, 0.25) is 0 Å². The van der Waals surface area contributed by atoms with E-state index in [0.29, 0.717) is 5.92 Å². The quantitative estimate of drug-likeness (QED) is 0.867. The maximum absolute atomic E-state index is 10.5. The Labute approximate surface area is 149 Å². The molecule has 0 amide bonds. The van der Waals surface area contributed by atoms with Crippen molar-refractivity contribution >= 4 is 17.6 Å². The Morgan fingerprint density at radius 2 is 1.88 bits per heavy atom. The fourth-order valence-corrected chi connectivity index (χ4v) is 3.90. The van der Waals surface area contributed by atoms with E-state index in [1.54, 1.807) is 0 Å². The van der Waals surface area contributed by atoms with Gasteiger partial charge in [0.05, 0.1) is 6.10 Å². The van der Waals surface area contributed by atoms with E-state index in [2.05, 4.69) is 40.4 Å². The number of anilines is 1. The number of hydrogen-bond donors (Lipinski definition) is 1. The number of pyridine rings is 1. The molecule has 1 aliphatic heterocycles. The molecule has 1 N–H and O–H groups in total. The fraction of sp³-hybridized carbons (Fsp3) is 0.450. The molecule has 2 heterocycles. The van der Waals surface area contributed by atoms with Crippen LogP contribution in [0.15, 0.2) is 48.7 Å². The van der Waals surface area contributed by atoms with E-state index < -0.39 is 0 Å². The zero-order valence-corrected chi connectivity index (χ0v) is 15.1. The molecule has 1 aromatic heterocycles. The first-order chi connectivity index (χ1) is 11.8. The Balaban J connectivity index is 1.51. The molecule has 1 fully saturated rings. The predicted octanol–water partition coefficient (Wildman–Crippen LogP) is 3.76. The van der Waals surface area contributed by atoms with Crippen molar-refractivity contribution in [3.63, 3.8) is 0 Å². The molecule has 0 aliphatic carbocycles. The molecule has 0 saturated carbocycles. The fourth-order valence-electron chi connectivity index (χ4n) is 3.39. The van der Waals surface area contributed by atoms with E-state index in [-0.39, 0.29) is 6.10 Å². The largest absolute Gasteiger partial charge is 0.392 e. The molecule has 128 valence electrons. The summed E-state index contributed by atoms with van der Waals surface area (Å²) in [6.07, 6.45) is 6.67. The van der Waals surface area contributed by atoms with Crippen LogP contribution in [0.4, 0.5) is 5.82 Å². The number of piperidine rings is 1. The first kappa shape index (κ1) is 17.3. The maximum atomic E-state index is 10.5. The van der Waals surface area contributed by atoms with E-state index >= 15 is 0 Å². The van der Waals surface area contributed by atoms with Gasteiger partial charge in [0.15, 0.2) is 0 Å². The molecular weight excluding hydrogens is 316 g/mol. The van der Waals surface area contributed by atoms with Gasteiger partial charge in [-0.2, -0.15) is 11.8 Å². The molecule has 1 aliphatic rings. The standard InChI is InChI=1S/C20H26N2OS/c1-24-15-17-7-8-20(21-14-17)22-11-9-18(10-12-22)19(23)13-16-5-3-2-4-6-16/h2-8,14,18-19,23H,9-13,15H2,1H3/t19-/m1/s1. The van der Waals surface area contributed by atoms with Gasteiger partial charge in [0.1, 0.15) is 5.82 Å². The van der Waals surface area contributed by atoms with Crippen LogP contribution >= 0.6 is 11.8 Å². The van der Waals surface area contributed by atoms with Gasteiger partial charge in [-0.1, -0.05) is 36.4 Å². The summed E-state index contributed by atoms with van der Waals surface area (Å²) < 4.78 is 0. The third-order valence-electron chi connectivity index (χ3n) is 4.82. The molecule has 0 unspecified atom stereocenters. The summed E-state index contributed by atoms with van der Waals surface area (Å²) in [6, 6.07) is 14.6. The minimum Gasteiger partial charge on any atom is -0.392 e. The first-order valence-corrected chi connectivity index (χ1v) is 10.1. The van der Waals surface area contributed by atoms with Crippen molar-refractivity contribution in [2.45, 2.75) is 31.1 Å². The lowest BCUT2D eigenvalue weighted by atomic mass is 9.88. The van der Waals surface area contributed by atoms with Gasteiger partial charge >= 0.3 is 0 Å². The highest BCUT2D eigenvalue weighted by Gasteiger charge is 2.25. The zero-order chi connectivity index (χ0) is 16.8. The Bertz CT molecular complexity index is 609. The maximum Gasteiger partial charge on any atom is 0.128 e. The molecule has 3 rings (SSSR count). The molecule has 1 saturated heterocycles. The Hall–Kier alpha value is -1.52. The summed E-state index contributed by atoms with van der Waals surface area (Å²) in [5.74, 6) is 2.47. The highest BCUT2D eigenvalue weighted by molar-refractivity contribution is 7.97. The lowest BCUT2D eigenvalue weighted by Gasteiger charge is -2.35. The van der Waals surface area contributed by atoms with Crippen molar-refractivity contribution in [3.8, 4) is 0 Å². The molecule has 24 heavy (non-hydrogen) atoms. The molecule has 1 atom stereocenters. The molecular formula is C20H26N2OS. The molecule has 0 radical (unpaired) electrons.